The van der Waals surface area contributed by atoms with Gasteiger partial charge in [-0.15, -0.1) is 12.4 Å². The van der Waals surface area contributed by atoms with Crippen LogP contribution in [0.15, 0.2) is 28.7 Å². The second kappa shape index (κ2) is 8.39. The highest BCUT2D eigenvalue weighted by Gasteiger charge is 2.13. The van der Waals surface area contributed by atoms with Crippen LogP contribution in [0.2, 0.25) is 0 Å². The van der Waals surface area contributed by atoms with E-state index >= 15 is 0 Å². The van der Waals surface area contributed by atoms with E-state index in [1.807, 2.05) is 26.0 Å². The summed E-state index contributed by atoms with van der Waals surface area (Å²) in [6.07, 6.45) is -1.25. The standard InChI is InChI=1S/C16H23NO4.ClH/c1-10(2)17-8-13(19)9-20-14-6-4-5-12-7-15(11(3)18)21-16(12)14;/h4-7,10-11,13,17-19H,8-9H2,1-3H3;1H. The fraction of sp³-hybridized carbons (Fsp3) is 0.500. The zero-order valence-electron chi connectivity index (χ0n) is 13.1. The number of hydrogen-bond donors (Lipinski definition) is 3. The maximum atomic E-state index is 9.87. The Balaban J connectivity index is 0.00000242. The van der Waals surface area contributed by atoms with Crippen LogP contribution in [-0.4, -0.2) is 35.5 Å². The van der Waals surface area contributed by atoms with Gasteiger partial charge in [-0.05, 0) is 19.1 Å². The van der Waals surface area contributed by atoms with Gasteiger partial charge in [0.2, 0.25) is 0 Å². The predicted molar refractivity (Wildman–Crippen MR) is 88.7 cm³/mol. The van der Waals surface area contributed by atoms with Gasteiger partial charge < -0.3 is 24.7 Å². The van der Waals surface area contributed by atoms with Crippen molar-refractivity contribution in [2.75, 3.05) is 13.2 Å². The van der Waals surface area contributed by atoms with Crippen LogP contribution in [-0.2, 0) is 0 Å². The van der Waals surface area contributed by atoms with Crippen molar-refractivity contribution in [2.45, 2.75) is 39.0 Å². The highest BCUT2D eigenvalue weighted by Crippen LogP contribution is 2.31. The van der Waals surface area contributed by atoms with Crippen LogP contribution in [0.3, 0.4) is 0 Å². The molecule has 0 aliphatic heterocycles. The van der Waals surface area contributed by atoms with Gasteiger partial charge in [-0.2, -0.15) is 0 Å². The fourth-order valence-corrected chi connectivity index (χ4v) is 1.99. The summed E-state index contributed by atoms with van der Waals surface area (Å²) in [4.78, 5) is 0. The van der Waals surface area contributed by atoms with Crippen molar-refractivity contribution in [1.82, 2.24) is 5.32 Å². The van der Waals surface area contributed by atoms with Gasteiger partial charge in [-0.3, -0.25) is 0 Å². The van der Waals surface area contributed by atoms with E-state index < -0.39 is 12.2 Å². The maximum absolute atomic E-state index is 9.87. The fourth-order valence-electron chi connectivity index (χ4n) is 1.99. The third-order valence-corrected chi connectivity index (χ3v) is 3.13. The van der Waals surface area contributed by atoms with Crippen LogP contribution in [0, 0.1) is 0 Å². The zero-order chi connectivity index (χ0) is 15.4. The van der Waals surface area contributed by atoms with E-state index in [0.717, 1.165) is 5.39 Å². The molecular formula is C16H24ClNO4. The summed E-state index contributed by atoms with van der Waals surface area (Å²) in [7, 11) is 0. The molecule has 1 aromatic carbocycles. The van der Waals surface area contributed by atoms with Crippen molar-refractivity contribution in [1.29, 1.82) is 0 Å². The van der Waals surface area contributed by atoms with Gasteiger partial charge in [-0.1, -0.05) is 26.0 Å². The molecule has 0 saturated heterocycles. The van der Waals surface area contributed by atoms with Gasteiger partial charge in [0, 0.05) is 18.0 Å². The molecule has 2 atom stereocenters. The predicted octanol–water partition coefficient (Wildman–Crippen LogP) is 2.65. The van der Waals surface area contributed by atoms with E-state index in [9.17, 15) is 10.2 Å². The number of para-hydroxylation sites is 1. The normalized spacial score (nSPS) is 13.9. The summed E-state index contributed by atoms with van der Waals surface area (Å²) in [5.41, 5.74) is 0.595. The van der Waals surface area contributed by atoms with Crippen molar-refractivity contribution >= 4 is 23.4 Å². The number of ether oxygens (including phenoxy) is 1. The Morgan fingerprint density at radius 3 is 2.59 bits per heavy atom. The molecule has 6 heteroatoms. The summed E-state index contributed by atoms with van der Waals surface area (Å²) in [6, 6.07) is 7.66. The van der Waals surface area contributed by atoms with Crippen LogP contribution < -0.4 is 10.1 Å². The molecule has 0 radical (unpaired) electrons. The second-order valence-electron chi connectivity index (χ2n) is 5.53. The number of nitrogens with one attached hydrogen (secondary N) is 1. The van der Waals surface area contributed by atoms with E-state index in [4.69, 9.17) is 9.15 Å². The first-order valence-electron chi connectivity index (χ1n) is 7.22. The van der Waals surface area contributed by atoms with Crippen LogP contribution >= 0.6 is 12.4 Å². The molecule has 1 aromatic heterocycles. The Labute approximate surface area is 136 Å². The summed E-state index contributed by atoms with van der Waals surface area (Å²) < 4.78 is 11.3. The average Bonchev–Trinajstić information content (AvgIpc) is 2.87. The Morgan fingerprint density at radius 2 is 1.95 bits per heavy atom. The highest BCUT2D eigenvalue weighted by atomic mass is 35.5. The molecule has 2 aromatic rings. The molecule has 0 spiro atoms. The highest BCUT2D eigenvalue weighted by molar-refractivity contribution is 5.85. The van der Waals surface area contributed by atoms with Crippen LogP contribution in [0.4, 0.5) is 0 Å². The number of aliphatic hydroxyl groups is 2. The first-order chi connectivity index (χ1) is 9.97. The van der Waals surface area contributed by atoms with Crippen LogP contribution in [0.1, 0.15) is 32.6 Å². The Bertz CT molecular complexity index is 583. The summed E-state index contributed by atoms with van der Waals surface area (Å²) in [6.45, 7) is 6.36. The maximum Gasteiger partial charge on any atom is 0.176 e. The average molecular weight is 330 g/mol. The number of hydrogen-bond acceptors (Lipinski definition) is 5. The van der Waals surface area contributed by atoms with Crippen molar-refractivity contribution in [3.8, 4) is 5.75 Å². The molecule has 0 bridgehead atoms. The molecule has 124 valence electrons. The van der Waals surface area contributed by atoms with E-state index in [1.54, 1.807) is 19.1 Å². The third-order valence-electron chi connectivity index (χ3n) is 3.13. The van der Waals surface area contributed by atoms with Crippen molar-refractivity contribution < 1.29 is 19.4 Å². The quantitative estimate of drug-likeness (QED) is 0.728. The SMILES string of the molecule is CC(C)NCC(O)COc1cccc2cc(C(C)O)oc12.Cl. The molecule has 0 aliphatic carbocycles. The largest absolute Gasteiger partial charge is 0.487 e. The molecule has 2 unspecified atom stereocenters. The minimum absolute atomic E-state index is 0. The van der Waals surface area contributed by atoms with Gasteiger partial charge in [0.25, 0.3) is 0 Å². The molecule has 5 nitrogen and oxygen atoms in total. The summed E-state index contributed by atoms with van der Waals surface area (Å²) >= 11 is 0. The lowest BCUT2D eigenvalue weighted by molar-refractivity contribution is 0.104. The molecule has 2 rings (SSSR count). The minimum atomic E-state index is -0.661. The molecule has 3 N–H and O–H groups in total. The number of fused-ring (bicyclic) bond motifs is 1. The van der Waals surface area contributed by atoms with Crippen LogP contribution in [0.25, 0.3) is 11.0 Å². The van der Waals surface area contributed by atoms with Crippen LogP contribution in [0.5, 0.6) is 5.75 Å². The topological polar surface area (TPSA) is 74.9 Å². The van der Waals surface area contributed by atoms with E-state index in [0.29, 0.717) is 29.7 Å². The monoisotopic (exact) mass is 329 g/mol. The number of halogens is 1. The lowest BCUT2D eigenvalue weighted by Gasteiger charge is -2.15. The number of rotatable bonds is 7. The summed E-state index contributed by atoms with van der Waals surface area (Å²) in [5, 5.41) is 23.5. The van der Waals surface area contributed by atoms with Gasteiger partial charge in [0.1, 0.15) is 24.6 Å². The lowest BCUT2D eigenvalue weighted by atomic mass is 10.2. The van der Waals surface area contributed by atoms with Crippen molar-refractivity contribution in [2.24, 2.45) is 0 Å². The number of benzene rings is 1. The summed E-state index contributed by atoms with van der Waals surface area (Å²) in [5.74, 6) is 1.08. The Hall–Kier alpha value is -1.27. The van der Waals surface area contributed by atoms with Crippen molar-refractivity contribution in [3.05, 3.63) is 30.0 Å². The van der Waals surface area contributed by atoms with E-state index in [-0.39, 0.29) is 19.0 Å². The molecule has 22 heavy (non-hydrogen) atoms. The first kappa shape index (κ1) is 18.8. The van der Waals surface area contributed by atoms with Gasteiger partial charge in [0.05, 0.1) is 0 Å². The molecule has 0 aliphatic rings. The smallest absolute Gasteiger partial charge is 0.176 e. The number of furan rings is 1. The number of aliphatic hydroxyl groups excluding tert-OH is 2. The van der Waals surface area contributed by atoms with Gasteiger partial charge in [0.15, 0.2) is 11.3 Å². The molecular weight excluding hydrogens is 306 g/mol. The molecule has 0 amide bonds. The Morgan fingerprint density at radius 1 is 1.23 bits per heavy atom. The van der Waals surface area contributed by atoms with Gasteiger partial charge >= 0.3 is 0 Å². The lowest BCUT2D eigenvalue weighted by Crippen LogP contribution is -2.35. The first-order valence-corrected chi connectivity index (χ1v) is 7.22. The van der Waals surface area contributed by atoms with E-state index in [2.05, 4.69) is 5.32 Å². The second-order valence-corrected chi connectivity index (χ2v) is 5.53. The Kier molecular flexibility index (Phi) is 7.16. The van der Waals surface area contributed by atoms with Crippen molar-refractivity contribution in [3.63, 3.8) is 0 Å². The van der Waals surface area contributed by atoms with E-state index in [1.165, 1.54) is 0 Å². The third kappa shape index (κ3) is 4.88. The molecule has 1 heterocycles. The van der Waals surface area contributed by atoms with Gasteiger partial charge in [-0.25, -0.2) is 0 Å². The minimum Gasteiger partial charge on any atom is -0.487 e. The molecule has 0 fully saturated rings. The zero-order valence-corrected chi connectivity index (χ0v) is 13.9. The molecule has 0 saturated carbocycles.